The number of Topliss-reactive ketones (excluding diaryl/α,β-unsaturated/α-hetero) is 1. The van der Waals surface area contributed by atoms with E-state index in [0.717, 1.165) is 10.5 Å². The maximum atomic E-state index is 13.5. The van der Waals surface area contributed by atoms with Crippen LogP contribution in [0.3, 0.4) is 0 Å². The average Bonchev–Trinajstić information content (AvgIpc) is 3.14. The van der Waals surface area contributed by atoms with Crippen molar-refractivity contribution < 1.29 is 29.3 Å². The number of ketones is 1. The second-order valence-electron chi connectivity index (χ2n) is 9.86. The maximum absolute atomic E-state index is 13.5. The van der Waals surface area contributed by atoms with Gasteiger partial charge in [0.1, 0.15) is 23.0 Å². The van der Waals surface area contributed by atoms with E-state index in [2.05, 4.69) is 20.8 Å². The van der Waals surface area contributed by atoms with Crippen molar-refractivity contribution in [1.29, 1.82) is 0 Å². The van der Waals surface area contributed by atoms with Crippen LogP contribution in [0, 0.1) is 0 Å². The quantitative estimate of drug-likeness (QED) is 0.208. The topological polar surface area (TPSA) is 96.3 Å². The van der Waals surface area contributed by atoms with Gasteiger partial charge in [0, 0.05) is 11.1 Å². The van der Waals surface area contributed by atoms with E-state index < -0.39 is 23.5 Å². The molecule has 1 saturated heterocycles. The Morgan fingerprint density at radius 1 is 0.921 bits per heavy atom. The first kappa shape index (κ1) is 27.4. The summed E-state index contributed by atoms with van der Waals surface area (Å²) < 4.78 is 10.7. The number of amides is 1. The summed E-state index contributed by atoms with van der Waals surface area (Å²) in [4.78, 5) is 28.1. The number of anilines is 1. The van der Waals surface area contributed by atoms with Gasteiger partial charge in [0.25, 0.3) is 11.7 Å². The lowest BCUT2D eigenvalue weighted by atomic mass is 9.85. The second-order valence-corrected chi connectivity index (χ2v) is 10.7. The summed E-state index contributed by atoms with van der Waals surface area (Å²) in [7, 11) is 2.80. The fraction of sp³-hybridized carbons (Fsp3) is 0.241. The van der Waals surface area contributed by atoms with Gasteiger partial charge in [0.15, 0.2) is 0 Å². The van der Waals surface area contributed by atoms with Gasteiger partial charge in [-0.25, -0.2) is 0 Å². The number of nitrogens with zero attached hydrogens (tertiary/aromatic N) is 1. The van der Waals surface area contributed by atoms with Gasteiger partial charge in [0.05, 0.1) is 42.1 Å². The number of benzene rings is 3. The third-order valence-corrected chi connectivity index (χ3v) is 6.99. The van der Waals surface area contributed by atoms with Crippen LogP contribution in [0.5, 0.6) is 17.2 Å². The highest BCUT2D eigenvalue weighted by Crippen LogP contribution is 2.47. The highest BCUT2D eigenvalue weighted by atomic mass is 35.5. The van der Waals surface area contributed by atoms with E-state index in [1.54, 1.807) is 12.1 Å². The fourth-order valence-corrected chi connectivity index (χ4v) is 4.84. The van der Waals surface area contributed by atoms with E-state index in [1.165, 1.54) is 44.6 Å². The molecule has 1 atom stereocenters. The monoisotopic (exact) mass is 555 g/mol. The van der Waals surface area contributed by atoms with Crippen LogP contribution in [0.15, 0.2) is 60.2 Å². The molecule has 1 aliphatic rings. The molecule has 4 rings (SSSR count). The van der Waals surface area contributed by atoms with E-state index in [-0.39, 0.29) is 49.5 Å². The van der Waals surface area contributed by atoms with Gasteiger partial charge in [-0.15, -0.1) is 0 Å². The Balaban J connectivity index is 2.02. The number of phenols is 1. The molecule has 38 heavy (non-hydrogen) atoms. The summed E-state index contributed by atoms with van der Waals surface area (Å²) in [6, 6.07) is 13.4. The van der Waals surface area contributed by atoms with Gasteiger partial charge in [-0.1, -0.05) is 68.2 Å². The van der Waals surface area contributed by atoms with Gasteiger partial charge in [-0.05, 0) is 40.8 Å². The maximum Gasteiger partial charge on any atom is 0.300 e. The van der Waals surface area contributed by atoms with Crippen molar-refractivity contribution in [2.24, 2.45) is 0 Å². The number of aromatic hydroxyl groups is 1. The predicted octanol–water partition coefficient (Wildman–Crippen LogP) is 6.64. The Morgan fingerprint density at radius 3 is 2.13 bits per heavy atom. The molecule has 198 valence electrons. The molecule has 0 saturated carbocycles. The molecule has 1 aliphatic heterocycles. The number of phenolic OH excluding ortho intramolecular Hbond substituents is 1. The lowest BCUT2D eigenvalue weighted by Crippen LogP contribution is -2.29. The highest BCUT2D eigenvalue weighted by Gasteiger charge is 2.48. The summed E-state index contributed by atoms with van der Waals surface area (Å²) >= 11 is 12.4. The Morgan fingerprint density at radius 2 is 1.55 bits per heavy atom. The van der Waals surface area contributed by atoms with E-state index in [9.17, 15) is 19.8 Å². The van der Waals surface area contributed by atoms with Crippen LogP contribution in [0.4, 0.5) is 5.69 Å². The highest BCUT2D eigenvalue weighted by molar-refractivity contribution is 6.52. The summed E-state index contributed by atoms with van der Waals surface area (Å²) in [6.45, 7) is 6.20. The van der Waals surface area contributed by atoms with Crippen molar-refractivity contribution in [2.45, 2.75) is 32.2 Å². The largest absolute Gasteiger partial charge is 0.507 e. The van der Waals surface area contributed by atoms with Gasteiger partial charge in [0.2, 0.25) is 0 Å². The zero-order valence-corrected chi connectivity index (χ0v) is 23.0. The molecule has 1 unspecified atom stereocenters. The lowest BCUT2D eigenvalue weighted by Gasteiger charge is -2.27. The molecule has 0 aromatic heterocycles. The molecule has 3 aromatic carbocycles. The Bertz CT molecular complexity index is 1460. The molecule has 9 heteroatoms. The molecule has 1 amide bonds. The van der Waals surface area contributed by atoms with Crippen LogP contribution < -0.4 is 14.4 Å². The van der Waals surface area contributed by atoms with E-state index in [0.29, 0.717) is 5.56 Å². The standard InChI is InChI=1S/C29H27Cl2NO6/c1-29(2,3)16-8-6-15(7-9-16)25-24(26(34)18-13-23(38-5)19(31)14-22(18)37-4)27(35)28(36)32(25)20-12-17(30)10-11-21(20)33/h6-14,25,33-34H,1-5H3/b26-24+. The number of aliphatic hydroxyl groups is 1. The van der Waals surface area contributed by atoms with E-state index in [4.69, 9.17) is 32.7 Å². The molecule has 2 N–H and O–H groups in total. The van der Waals surface area contributed by atoms with Crippen LogP contribution in [0.25, 0.3) is 5.76 Å². The van der Waals surface area contributed by atoms with Gasteiger partial charge in [-0.3, -0.25) is 14.5 Å². The van der Waals surface area contributed by atoms with E-state index in [1.807, 2.05) is 12.1 Å². The summed E-state index contributed by atoms with van der Waals surface area (Å²) in [5.74, 6) is -2.20. The minimum Gasteiger partial charge on any atom is -0.507 e. The Labute approximate surface area is 230 Å². The SMILES string of the molecule is COc1cc(/C(O)=C2\C(=O)C(=O)N(c3cc(Cl)ccc3O)C2c2ccc(C(C)(C)C)cc2)c(OC)cc1Cl. The molecule has 1 heterocycles. The number of hydrogen-bond donors (Lipinski definition) is 2. The predicted molar refractivity (Wildman–Crippen MR) is 148 cm³/mol. The first-order chi connectivity index (χ1) is 17.9. The minimum absolute atomic E-state index is 0.0317. The molecule has 0 aliphatic carbocycles. The zero-order valence-electron chi connectivity index (χ0n) is 21.5. The average molecular weight is 556 g/mol. The number of rotatable bonds is 5. The van der Waals surface area contributed by atoms with Crippen LogP contribution in [-0.4, -0.2) is 36.1 Å². The molecular weight excluding hydrogens is 529 g/mol. The minimum atomic E-state index is -1.08. The molecule has 0 spiro atoms. The van der Waals surface area contributed by atoms with Crippen LogP contribution in [0.1, 0.15) is 43.5 Å². The normalized spacial score (nSPS) is 17.1. The zero-order chi connectivity index (χ0) is 27.9. The van der Waals surface area contributed by atoms with Crippen molar-refractivity contribution in [3.63, 3.8) is 0 Å². The molecule has 0 radical (unpaired) electrons. The molecule has 7 nitrogen and oxygen atoms in total. The Hall–Kier alpha value is -3.68. The number of methoxy groups -OCH3 is 2. The molecule has 3 aromatic rings. The first-order valence-electron chi connectivity index (χ1n) is 11.7. The molecule has 0 bridgehead atoms. The number of ether oxygens (including phenoxy) is 2. The third-order valence-electron chi connectivity index (χ3n) is 6.46. The smallest absolute Gasteiger partial charge is 0.300 e. The number of aliphatic hydroxyl groups excluding tert-OH is 1. The number of carbonyl (C=O) groups excluding carboxylic acids is 2. The molecule has 1 fully saturated rings. The number of hydrogen-bond acceptors (Lipinski definition) is 6. The fourth-order valence-electron chi connectivity index (χ4n) is 4.44. The van der Waals surface area contributed by atoms with Crippen molar-refractivity contribution in [3.8, 4) is 17.2 Å². The lowest BCUT2D eigenvalue weighted by molar-refractivity contribution is -0.132. The number of halogens is 2. The van der Waals surface area contributed by atoms with Crippen molar-refractivity contribution in [3.05, 3.63) is 86.9 Å². The Kier molecular flexibility index (Phi) is 7.37. The van der Waals surface area contributed by atoms with Crippen LogP contribution >= 0.6 is 23.2 Å². The van der Waals surface area contributed by atoms with Crippen molar-refractivity contribution in [2.75, 3.05) is 19.1 Å². The number of carbonyl (C=O) groups is 2. The van der Waals surface area contributed by atoms with Gasteiger partial charge in [-0.2, -0.15) is 0 Å². The second kappa shape index (κ2) is 10.2. The van der Waals surface area contributed by atoms with Crippen molar-refractivity contribution >= 4 is 46.3 Å². The van der Waals surface area contributed by atoms with E-state index >= 15 is 0 Å². The summed E-state index contributed by atoms with van der Waals surface area (Å²) in [5, 5.41) is 22.7. The van der Waals surface area contributed by atoms with Crippen LogP contribution in [0.2, 0.25) is 10.0 Å². The van der Waals surface area contributed by atoms with Gasteiger partial charge < -0.3 is 19.7 Å². The van der Waals surface area contributed by atoms with Crippen molar-refractivity contribution in [1.82, 2.24) is 0 Å². The van der Waals surface area contributed by atoms with Crippen LogP contribution in [-0.2, 0) is 15.0 Å². The van der Waals surface area contributed by atoms with Gasteiger partial charge >= 0.3 is 0 Å². The summed E-state index contributed by atoms with van der Waals surface area (Å²) in [5.41, 5.74) is 1.38. The third kappa shape index (κ3) is 4.79. The summed E-state index contributed by atoms with van der Waals surface area (Å²) in [6.07, 6.45) is 0. The molecular formula is C29H27Cl2NO6. The first-order valence-corrected chi connectivity index (χ1v) is 12.5.